The van der Waals surface area contributed by atoms with Crippen LogP contribution < -0.4 is 5.32 Å². The van der Waals surface area contributed by atoms with Crippen LogP contribution in [0.5, 0.6) is 0 Å². The molecule has 0 spiro atoms. The summed E-state index contributed by atoms with van der Waals surface area (Å²) in [6, 6.07) is 5.13. The summed E-state index contributed by atoms with van der Waals surface area (Å²) in [4.78, 5) is 0. The molecule has 0 fully saturated rings. The maximum Gasteiger partial charge on any atom is 0.416 e. The molecule has 1 aromatic carbocycles. The summed E-state index contributed by atoms with van der Waals surface area (Å²) in [5.74, 6) is 0.293. The lowest BCUT2D eigenvalue weighted by Gasteiger charge is -2.17. The first-order valence-corrected chi connectivity index (χ1v) is 7.78. The van der Waals surface area contributed by atoms with Crippen LogP contribution in [0.15, 0.2) is 66.5 Å². The lowest BCUT2D eigenvalue weighted by atomic mass is 9.92. The van der Waals surface area contributed by atoms with Crippen LogP contribution in [0, 0.1) is 5.92 Å². The van der Waals surface area contributed by atoms with E-state index in [9.17, 15) is 13.2 Å². The maximum atomic E-state index is 12.5. The van der Waals surface area contributed by atoms with Crippen molar-refractivity contribution in [2.24, 2.45) is 5.92 Å². The van der Waals surface area contributed by atoms with Crippen molar-refractivity contribution in [2.45, 2.75) is 12.3 Å². The fourth-order valence-electron chi connectivity index (χ4n) is 2.73. The fourth-order valence-corrected chi connectivity index (χ4v) is 2.73. The Morgan fingerprint density at radius 3 is 2.58 bits per heavy atom. The van der Waals surface area contributed by atoms with Gasteiger partial charge in [0.05, 0.1) is 11.8 Å². The highest BCUT2D eigenvalue weighted by molar-refractivity contribution is 5.50. The van der Waals surface area contributed by atoms with Gasteiger partial charge < -0.3 is 10.1 Å². The first kappa shape index (κ1) is 16.6. The van der Waals surface area contributed by atoms with Crippen LogP contribution in [-0.2, 0) is 10.9 Å². The number of rotatable bonds is 5. The highest BCUT2D eigenvalue weighted by atomic mass is 19.4. The molecular weight excluding hydrogens is 315 g/mol. The van der Waals surface area contributed by atoms with E-state index in [1.165, 1.54) is 17.7 Å². The zero-order valence-electron chi connectivity index (χ0n) is 13.0. The Morgan fingerprint density at radius 2 is 1.83 bits per heavy atom. The molecule has 0 saturated heterocycles. The Balaban J connectivity index is 1.44. The lowest BCUT2D eigenvalue weighted by molar-refractivity contribution is -0.137. The Kier molecular flexibility index (Phi) is 4.90. The van der Waals surface area contributed by atoms with Crippen LogP contribution in [0.1, 0.15) is 11.1 Å². The number of hydrogen-bond acceptors (Lipinski definition) is 2. The lowest BCUT2D eigenvalue weighted by Crippen LogP contribution is -2.23. The summed E-state index contributed by atoms with van der Waals surface area (Å²) < 4.78 is 43.0. The minimum absolute atomic E-state index is 0.106. The van der Waals surface area contributed by atoms with Crippen LogP contribution in [0.4, 0.5) is 13.2 Å². The van der Waals surface area contributed by atoms with Crippen molar-refractivity contribution >= 4 is 6.08 Å². The summed E-state index contributed by atoms with van der Waals surface area (Å²) >= 11 is 0. The smallest absolute Gasteiger partial charge is 0.416 e. The van der Waals surface area contributed by atoms with E-state index in [2.05, 4.69) is 11.4 Å². The van der Waals surface area contributed by atoms with Gasteiger partial charge in [-0.3, -0.25) is 0 Å². The van der Waals surface area contributed by atoms with Gasteiger partial charge in [0.2, 0.25) is 0 Å². The van der Waals surface area contributed by atoms with Gasteiger partial charge in [-0.25, -0.2) is 0 Å². The summed E-state index contributed by atoms with van der Waals surface area (Å²) in [6.45, 7) is 1.35. The quantitative estimate of drug-likeness (QED) is 0.810. The van der Waals surface area contributed by atoms with Crippen LogP contribution in [0.25, 0.3) is 6.08 Å². The number of nitrogens with one attached hydrogen (secondary N) is 1. The largest absolute Gasteiger partial charge is 0.493 e. The third kappa shape index (κ3) is 3.97. The Labute approximate surface area is 139 Å². The number of allylic oxidation sites excluding steroid dienone is 2. The predicted molar refractivity (Wildman–Crippen MR) is 88.1 cm³/mol. The molecule has 2 unspecified atom stereocenters. The van der Waals surface area contributed by atoms with Gasteiger partial charge in [-0.05, 0) is 29.3 Å². The van der Waals surface area contributed by atoms with Gasteiger partial charge in [0, 0.05) is 19.0 Å². The topological polar surface area (TPSA) is 21.3 Å². The molecule has 0 radical (unpaired) electrons. The molecule has 1 aliphatic carbocycles. The molecule has 126 valence electrons. The average molecular weight is 333 g/mol. The van der Waals surface area contributed by atoms with Crippen molar-refractivity contribution in [2.75, 3.05) is 13.1 Å². The summed E-state index contributed by atoms with van der Waals surface area (Å²) in [5, 5.41) is 3.29. The molecule has 1 aliphatic heterocycles. The molecule has 2 aliphatic rings. The molecular formula is C19H18F3NO. The molecule has 0 saturated carbocycles. The molecule has 1 heterocycles. The number of hydrogen-bond donors (Lipinski definition) is 1. The third-order valence-corrected chi connectivity index (χ3v) is 4.03. The van der Waals surface area contributed by atoms with Gasteiger partial charge in [-0.15, -0.1) is 0 Å². The number of ether oxygens (including phenoxy) is 1. The molecule has 3 rings (SSSR count). The van der Waals surface area contributed by atoms with Crippen LogP contribution in [0.3, 0.4) is 0 Å². The van der Waals surface area contributed by atoms with Crippen molar-refractivity contribution in [3.8, 4) is 0 Å². The second-order valence-electron chi connectivity index (χ2n) is 5.74. The van der Waals surface area contributed by atoms with Gasteiger partial charge in [0.1, 0.15) is 6.10 Å². The monoisotopic (exact) mass is 333 g/mol. The van der Waals surface area contributed by atoms with Crippen molar-refractivity contribution in [3.05, 3.63) is 77.6 Å². The second-order valence-corrected chi connectivity index (χ2v) is 5.74. The molecule has 0 aromatic heterocycles. The van der Waals surface area contributed by atoms with Gasteiger partial charge in [-0.2, -0.15) is 13.2 Å². The van der Waals surface area contributed by atoms with E-state index in [0.29, 0.717) is 12.5 Å². The molecule has 2 nitrogen and oxygen atoms in total. The minimum atomic E-state index is -4.29. The van der Waals surface area contributed by atoms with Crippen molar-refractivity contribution < 1.29 is 17.9 Å². The van der Waals surface area contributed by atoms with Gasteiger partial charge in [0.15, 0.2) is 0 Å². The van der Waals surface area contributed by atoms with E-state index >= 15 is 0 Å². The zero-order chi connectivity index (χ0) is 17.0. The molecule has 24 heavy (non-hydrogen) atoms. The minimum Gasteiger partial charge on any atom is -0.493 e. The predicted octanol–water partition coefficient (Wildman–Crippen LogP) is 4.33. The highest BCUT2D eigenvalue weighted by Gasteiger charge is 2.30. The highest BCUT2D eigenvalue weighted by Crippen LogP contribution is 2.30. The number of halogens is 3. The molecule has 5 heteroatoms. The van der Waals surface area contributed by atoms with Gasteiger partial charge in [-0.1, -0.05) is 42.5 Å². The van der Waals surface area contributed by atoms with E-state index in [1.807, 2.05) is 30.6 Å². The van der Waals surface area contributed by atoms with E-state index in [0.717, 1.165) is 24.2 Å². The Bertz CT molecular complexity index is 684. The second kappa shape index (κ2) is 7.09. The van der Waals surface area contributed by atoms with Gasteiger partial charge in [0.25, 0.3) is 0 Å². The summed E-state index contributed by atoms with van der Waals surface area (Å²) in [5.41, 5.74) is 1.31. The summed E-state index contributed by atoms with van der Waals surface area (Å²) in [7, 11) is 0. The molecule has 0 amide bonds. The molecule has 2 atom stereocenters. The zero-order valence-corrected chi connectivity index (χ0v) is 13.0. The SMILES string of the molecule is FC(F)(F)c1ccc(/C=C/CNCC2=COC3C=CC=CC23)cc1. The normalized spacial score (nSPS) is 22.5. The maximum absolute atomic E-state index is 12.5. The Hall–Kier alpha value is -2.27. The molecule has 1 aromatic rings. The standard InChI is InChI=1S/C19H18F3NO/c20-19(21,22)16-9-7-14(8-10-16)4-3-11-23-12-15-13-24-18-6-2-1-5-17(15)18/h1-10,13,17-18,23H,11-12H2/b4-3+. The number of benzene rings is 1. The Morgan fingerprint density at radius 1 is 1.08 bits per heavy atom. The van der Waals surface area contributed by atoms with Crippen molar-refractivity contribution in [1.29, 1.82) is 0 Å². The first-order chi connectivity index (χ1) is 11.5. The van der Waals surface area contributed by atoms with Crippen LogP contribution >= 0.6 is 0 Å². The van der Waals surface area contributed by atoms with E-state index in [-0.39, 0.29) is 6.10 Å². The van der Waals surface area contributed by atoms with Gasteiger partial charge >= 0.3 is 6.18 Å². The summed E-state index contributed by atoms with van der Waals surface area (Å²) in [6.07, 6.45) is 9.50. The number of alkyl halides is 3. The van der Waals surface area contributed by atoms with E-state index in [1.54, 1.807) is 6.08 Å². The van der Waals surface area contributed by atoms with E-state index < -0.39 is 11.7 Å². The van der Waals surface area contributed by atoms with Crippen molar-refractivity contribution in [1.82, 2.24) is 5.32 Å². The molecule has 1 N–H and O–H groups in total. The first-order valence-electron chi connectivity index (χ1n) is 7.78. The fraction of sp³-hybridized carbons (Fsp3) is 0.263. The third-order valence-electron chi connectivity index (χ3n) is 4.03. The van der Waals surface area contributed by atoms with Crippen LogP contribution in [-0.4, -0.2) is 19.2 Å². The average Bonchev–Trinajstić information content (AvgIpc) is 2.97. The molecule has 0 bridgehead atoms. The van der Waals surface area contributed by atoms with Crippen molar-refractivity contribution in [3.63, 3.8) is 0 Å². The number of fused-ring (bicyclic) bond motifs is 1. The van der Waals surface area contributed by atoms with E-state index in [4.69, 9.17) is 4.74 Å². The van der Waals surface area contributed by atoms with Crippen LogP contribution in [0.2, 0.25) is 0 Å².